The highest BCUT2D eigenvalue weighted by atomic mass is 28.4. The molecule has 0 saturated carbocycles. The Morgan fingerprint density at radius 1 is 1.08 bits per heavy atom. The summed E-state index contributed by atoms with van der Waals surface area (Å²) in [6, 6.07) is 0. The minimum Gasteiger partial charge on any atom is -0.393 e. The Bertz CT molecular complexity index is 350. The molecule has 0 N–H and O–H groups in total. The summed E-state index contributed by atoms with van der Waals surface area (Å²) in [4.78, 5) is 0. The predicted molar refractivity (Wildman–Crippen MR) is 94.7 cm³/mol. The van der Waals surface area contributed by atoms with E-state index in [2.05, 4.69) is 13.5 Å². The third-order valence-electron chi connectivity index (χ3n) is 4.13. The third kappa shape index (κ3) is 5.76. The summed E-state index contributed by atoms with van der Waals surface area (Å²) >= 11 is 0. The fourth-order valence-electron chi connectivity index (χ4n) is 2.93. The molecule has 1 aliphatic rings. The fourth-order valence-corrected chi connectivity index (χ4v) is 5.67. The lowest BCUT2D eigenvalue weighted by Gasteiger charge is -2.37. The predicted octanol–water partition coefficient (Wildman–Crippen LogP) is 3.72. The van der Waals surface area contributed by atoms with Crippen molar-refractivity contribution in [2.75, 3.05) is 19.8 Å². The molecule has 6 nitrogen and oxygen atoms in total. The highest BCUT2D eigenvalue weighted by Crippen LogP contribution is 2.32. The van der Waals surface area contributed by atoms with Crippen molar-refractivity contribution in [2.45, 2.75) is 91.4 Å². The summed E-state index contributed by atoms with van der Waals surface area (Å²) in [5.41, 5.74) is -0.116. The summed E-state index contributed by atoms with van der Waals surface area (Å²) in [6.45, 7) is 15.9. The lowest BCUT2D eigenvalue weighted by molar-refractivity contribution is -0.388. The first-order chi connectivity index (χ1) is 11.4. The van der Waals surface area contributed by atoms with Crippen molar-refractivity contribution in [1.29, 1.82) is 0 Å². The Morgan fingerprint density at radius 3 is 2.08 bits per heavy atom. The van der Waals surface area contributed by atoms with Crippen LogP contribution in [0, 0.1) is 0 Å². The highest BCUT2D eigenvalue weighted by Gasteiger charge is 2.45. The summed E-state index contributed by atoms with van der Waals surface area (Å²) in [5, 5.41) is 0. The first-order valence-electron chi connectivity index (χ1n) is 9.31. The summed E-state index contributed by atoms with van der Waals surface area (Å²) in [7, 11) is -2.45. The minimum absolute atomic E-state index is 0.0240. The topological polar surface area (TPSA) is 55.4 Å². The van der Waals surface area contributed by atoms with Gasteiger partial charge in [0.2, 0.25) is 0 Å². The van der Waals surface area contributed by atoms with Crippen molar-refractivity contribution in [3.05, 3.63) is 0 Å². The standard InChI is InChI=1S/C17H36O6Si/c1-8-15(23-17(10-3)18-13-14(6)22-17)21-16(9-2)24(7,19-11-4)20-12-5/h14-16H,8-13H2,1-7H3. The van der Waals surface area contributed by atoms with E-state index in [4.69, 9.17) is 27.8 Å². The average Bonchev–Trinajstić information content (AvgIpc) is 2.93. The van der Waals surface area contributed by atoms with Gasteiger partial charge in [-0.1, -0.05) is 20.8 Å². The van der Waals surface area contributed by atoms with E-state index in [0.717, 1.165) is 6.42 Å². The molecule has 0 amide bonds. The van der Waals surface area contributed by atoms with Crippen molar-refractivity contribution in [3.63, 3.8) is 0 Å². The molecule has 0 bridgehead atoms. The van der Waals surface area contributed by atoms with Crippen molar-refractivity contribution in [1.82, 2.24) is 0 Å². The smallest absolute Gasteiger partial charge is 0.364 e. The highest BCUT2D eigenvalue weighted by molar-refractivity contribution is 6.67. The second kappa shape index (κ2) is 10.2. The number of hydrogen-bond donors (Lipinski definition) is 0. The van der Waals surface area contributed by atoms with E-state index in [-0.39, 0.29) is 11.8 Å². The fraction of sp³-hybridized carbons (Fsp3) is 1.00. The molecule has 1 heterocycles. The molecule has 4 unspecified atom stereocenters. The monoisotopic (exact) mass is 364 g/mol. The van der Waals surface area contributed by atoms with Crippen LogP contribution in [0.15, 0.2) is 0 Å². The van der Waals surface area contributed by atoms with Crippen LogP contribution in [0.3, 0.4) is 0 Å². The van der Waals surface area contributed by atoms with Gasteiger partial charge in [-0.15, -0.1) is 0 Å². The quantitative estimate of drug-likeness (QED) is 0.389. The summed E-state index contributed by atoms with van der Waals surface area (Å²) < 4.78 is 35.9. The second-order valence-electron chi connectivity index (χ2n) is 6.15. The van der Waals surface area contributed by atoms with Gasteiger partial charge >= 0.3 is 8.56 Å². The van der Waals surface area contributed by atoms with Crippen molar-refractivity contribution in [3.8, 4) is 0 Å². The Kier molecular flexibility index (Phi) is 9.36. The molecule has 1 aliphatic heterocycles. The van der Waals surface area contributed by atoms with E-state index in [1.165, 1.54) is 0 Å². The van der Waals surface area contributed by atoms with Crippen LogP contribution in [0.2, 0.25) is 6.55 Å². The van der Waals surface area contributed by atoms with Crippen LogP contribution in [0.5, 0.6) is 0 Å². The maximum atomic E-state index is 6.27. The van der Waals surface area contributed by atoms with Crippen LogP contribution in [-0.4, -0.2) is 52.5 Å². The van der Waals surface area contributed by atoms with E-state index in [0.29, 0.717) is 32.7 Å². The lowest BCUT2D eigenvalue weighted by atomic mass is 10.4. The molecule has 0 radical (unpaired) electrons. The van der Waals surface area contributed by atoms with Crippen LogP contribution in [0.4, 0.5) is 0 Å². The van der Waals surface area contributed by atoms with E-state index >= 15 is 0 Å². The molecular formula is C17H36O6Si. The van der Waals surface area contributed by atoms with Gasteiger partial charge in [0, 0.05) is 19.6 Å². The summed E-state index contributed by atoms with van der Waals surface area (Å²) in [5.74, 6) is -1.01. The lowest BCUT2D eigenvalue weighted by Crippen LogP contribution is -2.54. The zero-order chi connectivity index (χ0) is 18.2. The van der Waals surface area contributed by atoms with Crippen molar-refractivity contribution < 1.29 is 27.8 Å². The molecule has 1 rings (SSSR count). The van der Waals surface area contributed by atoms with Gasteiger partial charge in [-0.05, 0) is 40.2 Å². The minimum atomic E-state index is -2.45. The Morgan fingerprint density at radius 2 is 1.71 bits per heavy atom. The first-order valence-corrected chi connectivity index (χ1v) is 11.7. The van der Waals surface area contributed by atoms with Crippen molar-refractivity contribution in [2.24, 2.45) is 0 Å². The molecule has 4 atom stereocenters. The van der Waals surface area contributed by atoms with Crippen molar-refractivity contribution >= 4 is 8.56 Å². The Hall–Kier alpha value is -0.0231. The molecular weight excluding hydrogens is 328 g/mol. The third-order valence-corrected chi connectivity index (χ3v) is 7.57. The zero-order valence-corrected chi connectivity index (χ0v) is 17.4. The molecule has 7 heteroatoms. The number of ether oxygens (including phenoxy) is 4. The largest absolute Gasteiger partial charge is 0.393 e. The summed E-state index contributed by atoms with van der Waals surface area (Å²) in [6.07, 6.45) is 1.71. The molecule has 0 aliphatic carbocycles. The first kappa shape index (κ1) is 22.0. The molecule has 1 fully saturated rings. The number of rotatable bonds is 12. The van der Waals surface area contributed by atoms with Gasteiger partial charge in [0.05, 0.1) is 12.7 Å². The molecule has 0 aromatic carbocycles. The molecule has 0 aromatic heterocycles. The maximum absolute atomic E-state index is 6.27. The van der Waals surface area contributed by atoms with Gasteiger partial charge in [0.25, 0.3) is 5.97 Å². The molecule has 24 heavy (non-hydrogen) atoms. The number of hydrogen-bond acceptors (Lipinski definition) is 6. The second-order valence-corrected chi connectivity index (χ2v) is 9.40. The zero-order valence-electron chi connectivity index (χ0n) is 16.4. The average molecular weight is 365 g/mol. The van der Waals surface area contributed by atoms with Crippen LogP contribution in [0.25, 0.3) is 0 Å². The molecule has 0 spiro atoms. The van der Waals surface area contributed by atoms with Gasteiger partial charge in [0.1, 0.15) is 5.73 Å². The Balaban J connectivity index is 2.79. The molecule has 1 saturated heterocycles. The normalized spacial score (nSPS) is 27.4. The SMILES string of the molecule is CCO[Si](C)(OCC)C(CC)OC(CC)OC1(CC)OCC(C)O1. The maximum Gasteiger partial charge on any atom is 0.364 e. The van der Waals surface area contributed by atoms with Crippen LogP contribution in [-0.2, 0) is 27.8 Å². The molecule has 144 valence electrons. The Labute approximate surface area is 148 Å². The van der Waals surface area contributed by atoms with Gasteiger partial charge in [-0.2, -0.15) is 0 Å². The van der Waals surface area contributed by atoms with E-state index in [1.54, 1.807) is 0 Å². The van der Waals surface area contributed by atoms with E-state index < -0.39 is 20.8 Å². The van der Waals surface area contributed by atoms with E-state index in [1.807, 2.05) is 34.6 Å². The molecule has 0 aromatic rings. The van der Waals surface area contributed by atoms with Gasteiger partial charge in [-0.25, -0.2) is 0 Å². The van der Waals surface area contributed by atoms with Crippen LogP contribution in [0.1, 0.15) is 60.8 Å². The van der Waals surface area contributed by atoms with Gasteiger partial charge < -0.3 is 23.1 Å². The van der Waals surface area contributed by atoms with Crippen LogP contribution >= 0.6 is 0 Å². The van der Waals surface area contributed by atoms with E-state index in [9.17, 15) is 0 Å². The van der Waals surface area contributed by atoms with Gasteiger partial charge in [-0.3, -0.25) is 4.74 Å². The van der Waals surface area contributed by atoms with Gasteiger partial charge in [0.15, 0.2) is 6.29 Å². The van der Waals surface area contributed by atoms with Crippen LogP contribution < -0.4 is 0 Å².